The molecule has 4 N–H and O–H groups in total. The number of carbonyl (C=O) groups is 1. The molecule has 0 atom stereocenters. The number of nitrogens with two attached hydrogens (primary N) is 2. The van der Waals surface area contributed by atoms with Crippen molar-refractivity contribution >= 4 is 15.9 Å². The van der Waals surface area contributed by atoms with E-state index in [1.807, 2.05) is 30.3 Å². The number of benzene rings is 2. The molecule has 140 valence electrons. The smallest absolute Gasteiger partial charge is 0.254 e. The monoisotopic (exact) mass is 375 g/mol. The molecule has 7 heteroatoms. The third-order valence-corrected chi connectivity index (χ3v) is 5.35. The molecule has 0 aromatic heterocycles. The summed E-state index contributed by atoms with van der Waals surface area (Å²) in [6.07, 6.45) is 0.658. The fraction of sp³-hybridized carbons (Fsp3) is 0.316. The van der Waals surface area contributed by atoms with Crippen molar-refractivity contribution in [2.75, 3.05) is 13.1 Å². The van der Waals surface area contributed by atoms with E-state index in [1.54, 1.807) is 24.8 Å². The molecule has 26 heavy (non-hydrogen) atoms. The first-order valence-corrected chi connectivity index (χ1v) is 9.96. The van der Waals surface area contributed by atoms with Crippen LogP contribution in [-0.4, -0.2) is 32.3 Å². The van der Waals surface area contributed by atoms with E-state index in [0.717, 1.165) is 5.56 Å². The topological polar surface area (TPSA) is 106 Å². The summed E-state index contributed by atoms with van der Waals surface area (Å²) < 4.78 is 23.7. The van der Waals surface area contributed by atoms with Gasteiger partial charge in [0.2, 0.25) is 10.0 Å². The molecule has 1 amide bonds. The van der Waals surface area contributed by atoms with Crippen LogP contribution >= 0.6 is 0 Å². The fourth-order valence-electron chi connectivity index (χ4n) is 2.77. The first-order valence-electron chi connectivity index (χ1n) is 8.41. The maximum absolute atomic E-state index is 13.0. The molecule has 2 aromatic rings. The van der Waals surface area contributed by atoms with E-state index in [1.165, 1.54) is 6.07 Å². The first kappa shape index (κ1) is 20.1. The van der Waals surface area contributed by atoms with Gasteiger partial charge in [0.05, 0.1) is 4.90 Å². The lowest BCUT2D eigenvalue weighted by Gasteiger charge is -2.23. The third kappa shape index (κ3) is 4.91. The zero-order valence-electron chi connectivity index (χ0n) is 15.1. The minimum Gasteiger partial charge on any atom is -0.334 e. The average Bonchev–Trinajstić information content (AvgIpc) is 2.60. The van der Waals surface area contributed by atoms with Crippen molar-refractivity contribution in [3.05, 3.63) is 64.7 Å². The third-order valence-electron chi connectivity index (χ3n) is 4.31. The number of amides is 1. The number of hydrogen-bond acceptors (Lipinski definition) is 4. The number of primary sulfonamides is 1. The number of nitrogens with zero attached hydrogens (tertiary/aromatic N) is 1. The summed E-state index contributed by atoms with van der Waals surface area (Å²) >= 11 is 0. The Kier molecular flexibility index (Phi) is 6.52. The molecular formula is C19H25N3O3S. The fourth-order valence-corrected chi connectivity index (χ4v) is 3.65. The van der Waals surface area contributed by atoms with Gasteiger partial charge in [-0.2, -0.15) is 0 Å². The van der Waals surface area contributed by atoms with Crippen LogP contribution in [0, 0.1) is 13.8 Å². The van der Waals surface area contributed by atoms with Gasteiger partial charge in [0.15, 0.2) is 0 Å². The molecule has 2 rings (SSSR count). The van der Waals surface area contributed by atoms with Crippen molar-refractivity contribution in [2.45, 2.75) is 31.7 Å². The van der Waals surface area contributed by atoms with Crippen LogP contribution in [0.3, 0.4) is 0 Å². The number of hydrogen-bond donors (Lipinski definition) is 2. The van der Waals surface area contributed by atoms with Crippen LogP contribution in [0.15, 0.2) is 47.4 Å². The predicted molar refractivity (Wildman–Crippen MR) is 102 cm³/mol. The Labute approximate surface area is 154 Å². The van der Waals surface area contributed by atoms with Crippen molar-refractivity contribution in [1.29, 1.82) is 0 Å². The van der Waals surface area contributed by atoms with Crippen molar-refractivity contribution in [3.8, 4) is 0 Å². The van der Waals surface area contributed by atoms with Crippen molar-refractivity contribution in [2.24, 2.45) is 10.9 Å². The lowest BCUT2D eigenvalue weighted by atomic mass is 10.0. The van der Waals surface area contributed by atoms with Crippen LogP contribution in [-0.2, 0) is 16.6 Å². The van der Waals surface area contributed by atoms with Crippen molar-refractivity contribution < 1.29 is 13.2 Å². The summed E-state index contributed by atoms with van der Waals surface area (Å²) in [5.41, 5.74) is 8.17. The Hall–Kier alpha value is -2.22. The number of aryl methyl sites for hydroxylation is 1. The normalized spacial score (nSPS) is 11.4. The van der Waals surface area contributed by atoms with Gasteiger partial charge in [-0.05, 0) is 55.6 Å². The van der Waals surface area contributed by atoms with Crippen LogP contribution < -0.4 is 10.9 Å². The Morgan fingerprint density at radius 2 is 1.77 bits per heavy atom. The highest BCUT2D eigenvalue weighted by atomic mass is 32.2. The number of rotatable bonds is 7. The Morgan fingerprint density at radius 1 is 1.12 bits per heavy atom. The largest absolute Gasteiger partial charge is 0.334 e. The first-order chi connectivity index (χ1) is 12.2. The highest BCUT2D eigenvalue weighted by Gasteiger charge is 2.21. The molecular weight excluding hydrogens is 350 g/mol. The molecule has 0 fully saturated rings. The highest BCUT2D eigenvalue weighted by molar-refractivity contribution is 7.89. The lowest BCUT2D eigenvalue weighted by molar-refractivity contribution is 0.0742. The van der Waals surface area contributed by atoms with E-state index >= 15 is 0 Å². The SMILES string of the molecule is Cc1cc(C(=O)N(CCCN)Cc2ccccc2)cc(S(N)(=O)=O)c1C. The zero-order valence-corrected chi connectivity index (χ0v) is 15.9. The highest BCUT2D eigenvalue weighted by Crippen LogP contribution is 2.22. The molecule has 0 heterocycles. The number of carbonyl (C=O) groups excluding carboxylic acids is 1. The second-order valence-electron chi connectivity index (χ2n) is 6.32. The number of sulfonamides is 1. The second-order valence-corrected chi connectivity index (χ2v) is 7.85. The Bertz CT molecular complexity index is 880. The predicted octanol–water partition coefficient (Wildman–Crippen LogP) is 1.94. The van der Waals surface area contributed by atoms with Gasteiger partial charge in [0.1, 0.15) is 0 Å². The van der Waals surface area contributed by atoms with Gasteiger partial charge in [-0.25, -0.2) is 13.6 Å². The van der Waals surface area contributed by atoms with Crippen LogP contribution in [0.5, 0.6) is 0 Å². The summed E-state index contributed by atoms with van der Waals surface area (Å²) in [4.78, 5) is 14.7. The Balaban J connectivity index is 2.40. The molecule has 0 aliphatic carbocycles. The zero-order chi connectivity index (χ0) is 19.3. The van der Waals surface area contributed by atoms with E-state index in [2.05, 4.69) is 0 Å². The quantitative estimate of drug-likeness (QED) is 0.771. The maximum Gasteiger partial charge on any atom is 0.254 e. The summed E-state index contributed by atoms with van der Waals surface area (Å²) in [6, 6.07) is 12.7. The molecule has 0 spiro atoms. The van der Waals surface area contributed by atoms with Gasteiger partial charge >= 0.3 is 0 Å². The minimum atomic E-state index is -3.90. The maximum atomic E-state index is 13.0. The molecule has 6 nitrogen and oxygen atoms in total. The van der Waals surface area contributed by atoms with Gasteiger partial charge in [0, 0.05) is 18.7 Å². The van der Waals surface area contributed by atoms with E-state index < -0.39 is 10.0 Å². The van der Waals surface area contributed by atoms with E-state index in [0.29, 0.717) is 42.7 Å². The molecule has 0 aliphatic rings. The summed E-state index contributed by atoms with van der Waals surface area (Å²) in [6.45, 7) is 4.83. The molecule has 0 radical (unpaired) electrons. The van der Waals surface area contributed by atoms with Crippen molar-refractivity contribution in [3.63, 3.8) is 0 Å². The standard InChI is InChI=1S/C19H25N3O3S/c1-14-11-17(12-18(15(14)2)26(21,24)25)19(23)22(10-6-9-20)13-16-7-4-3-5-8-16/h3-5,7-8,11-12H,6,9-10,13,20H2,1-2H3,(H2,21,24,25). The molecule has 0 unspecified atom stereocenters. The van der Waals surface area contributed by atoms with Gasteiger partial charge < -0.3 is 10.6 Å². The van der Waals surface area contributed by atoms with Crippen LogP contribution in [0.1, 0.15) is 33.5 Å². The summed E-state index contributed by atoms with van der Waals surface area (Å²) in [5, 5.41) is 5.31. The van der Waals surface area contributed by atoms with Crippen LogP contribution in [0.2, 0.25) is 0 Å². The van der Waals surface area contributed by atoms with E-state index in [-0.39, 0.29) is 10.8 Å². The average molecular weight is 375 g/mol. The van der Waals surface area contributed by atoms with Gasteiger partial charge in [-0.3, -0.25) is 4.79 Å². The van der Waals surface area contributed by atoms with E-state index in [9.17, 15) is 13.2 Å². The van der Waals surface area contributed by atoms with E-state index in [4.69, 9.17) is 10.9 Å². The van der Waals surface area contributed by atoms with Gasteiger partial charge in [-0.15, -0.1) is 0 Å². The Morgan fingerprint density at radius 3 is 2.35 bits per heavy atom. The minimum absolute atomic E-state index is 0.0145. The molecule has 0 saturated carbocycles. The molecule has 0 saturated heterocycles. The van der Waals surface area contributed by atoms with Crippen molar-refractivity contribution in [1.82, 2.24) is 4.90 Å². The van der Waals surface area contributed by atoms with Gasteiger partial charge in [-0.1, -0.05) is 30.3 Å². The summed E-state index contributed by atoms with van der Waals surface area (Å²) in [5.74, 6) is -0.240. The van der Waals surface area contributed by atoms with Crippen LogP contribution in [0.25, 0.3) is 0 Å². The molecule has 0 bridgehead atoms. The summed E-state index contributed by atoms with van der Waals surface area (Å²) in [7, 11) is -3.90. The lowest BCUT2D eigenvalue weighted by Crippen LogP contribution is -2.33. The van der Waals surface area contributed by atoms with Gasteiger partial charge in [0.25, 0.3) is 5.91 Å². The second kappa shape index (κ2) is 8.44. The van der Waals surface area contributed by atoms with Crippen LogP contribution in [0.4, 0.5) is 0 Å². The molecule has 2 aromatic carbocycles. The molecule has 0 aliphatic heterocycles.